The molecular weight excluding hydrogens is 210 g/mol. The molecule has 3 nitrogen and oxygen atoms in total. The number of hydrogen-bond donors (Lipinski definition) is 0. The average Bonchev–Trinajstić information content (AvgIpc) is 2.69. The maximum atomic E-state index is 5.78. The van der Waals surface area contributed by atoms with E-state index < -0.39 is 0 Å². The van der Waals surface area contributed by atoms with Crippen LogP contribution >= 0.6 is 11.6 Å². The van der Waals surface area contributed by atoms with E-state index in [2.05, 4.69) is 14.9 Å². The SMILES string of the molecule is Cc1cc(CCl)nc(CN2CCCC2)n1. The largest absolute Gasteiger partial charge is 0.296 e. The van der Waals surface area contributed by atoms with E-state index in [1.807, 2.05) is 13.0 Å². The summed E-state index contributed by atoms with van der Waals surface area (Å²) in [5.74, 6) is 1.38. The van der Waals surface area contributed by atoms with Crippen LogP contribution in [0.2, 0.25) is 0 Å². The van der Waals surface area contributed by atoms with Crippen LogP contribution in [0.5, 0.6) is 0 Å². The monoisotopic (exact) mass is 225 g/mol. The fourth-order valence-corrected chi connectivity index (χ4v) is 2.12. The van der Waals surface area contributed by atoms with Gasteiger partial charge in [0, 0.05) is 5.69 Å². The maximum Gasteiger partial charge on any atom is 0.142 e. The molecule has 2 rings (SSSR count). The average molecular weight is 226 g/mol. The fourth-order valence-electron chi connectivity index (χ4n) is 1.98. The molecule has 0 N–H and O–H groups in total. The third-order valence-electron chi connectivity index (χ3n) is 2.65. The molecule has 1 fully saturated rings. The number of halogens is 1. The lowest BCUT2D eigenvalue weighted by Gasteiger charge is -2.13. The Kier molecular flexibility index (Phi) is 3.54. The molecule has 1 aliphatic heterocycles. The summed E-state index contributed by atoms with van der Waals surface area (Å²) >= 11 is 5.78. The Balaban J connectivity index is 2.09. The summed E-state index contributed by atoms with van der Waals surface area (Å²) in [5.41, 5.74) is 1.94. The quantitative estimate of drug-likeness (QED) is 0.738. The predicted molar refractivity (Wildman–Crippen MR) is 60.8 cm³/mol. The van der Waals surface area contributed by atoms with Gasteiger partial charge in [0.2, 0.25) is 0 Å². The first-order chi connectivity index (χ1) is 7.28. The lowest BCUT2D eigenvalue weighted by atomic mass is 10.3. The topological polar surface area (TPSA) is 29.0 Å². The molecule has 0 aromatic carbocycles. The van der Waals surface area contributed by atoms with Crippen molar-refractivity contribution >= 4 is 11.6 Å². The summed E-state index contributed by atoms with van der Waals surface area (Å²) in [5, 5.41) is 0. The van der Waals surface area contributed by atoms with Crippen LogP contribution in [0.15, 0.2) is 6.07 Å². The Morgan fingerprint density at radius 1 is 1.33 bits per heavy atom. The Hall–Kier alpha value is -0.670. The highest BCUT2D eigenvalue weighted by atomic mass is 35.5. The number of rotatable bonds is 3. The number of hydrogen-bond acceptors (Lipinski definition) is 3. The van der Waals surface area contributed by atoms with E-state index in [9.17, 15) is 0 Å². The molecule has 1 aromatic heterocycles. The lowest BCUT2D eigenvalue weighted by molar-refractivity contribution is 0.322. The van der Waals surface area contributed by atoms with Gasteiger partial charge in [-0.05, 0) is 38.9 Å². The van der Waals surface area contributed by atoms with Gasteiger partial charge in [0.05, 0.1) is 18.1 Å². The van der Waals surface area contributed by atoms with Crippen molar-refractivity contribution in [1.29, 1.82) is 0 Å². The fraction of sp³-hybridized carbons (Fsp3) is 0.636. The standard InChI is InChI=1S/C11H16ClN3/c1-9-6-10(7-12)14-11(13-9)8-15-4-2-3-5-15/h6H,2-5,7-8H2,1H3. The molecule has 0 atom stereocenters. The summed E-state index contributed by atoms with van der Waals surface area (Å²) < 4.78 is 0. The molecule has 82 valence electrons. The van der Waals surface area contributed by atoms with Crippen LogP contribution in [-0.4, -0.2) is 28.0 Å². The van der Waals surface area contributed by atoms with Crippen molar-refractivity contribution in [2.75, 3.05) is 13.1 Å². The second-order valence-electron chi connectivity index (χ2n) is 4.03. The number of likely N-dealkylation sites (tertiary alicyclic amines) is 1. The van der Waals surface area contributed by atoms with E-state index >= 15 is 0 Å². The molecule has 2 heterocycles. The molecule has 0 bridgehead atoms. The van der Waals surface area contributed by atoms with Crippen LogP contribution in [0.4, 0.5) is 0 Å². The first-order valence-electron chi connectivity index (χ1n) is 5.39. The van der Waals surface area contributed by atoms with Gasteiger partial charge in [0.25, 0.3) is 0 Å². The molecule has 0 saturated carbocycles. The van der Waals surface area contributed by atoms with Crippen molar-refractivity contribution in [2.24, 2.45) is 0 Å². The zero-order chi connectivity index (χ0) is 10.7. The summed E-state index contributed by atoms with van der Waals surface area (Å²) in [6.45, 7) is 5.21. The van der Waals surface area contributed by atoms with Crippen molar-refractivity contribution in [3.63, 3.8) is 0 Å². The lowest BCUT2D eigenvalue weighted by Crippen LogP contribution is -2.20. The predicted octanol–water partition coefficient (Wildman–Crippen LogP) is 2.12. The number of aryl methyl sites for hydroxylation is 1. The van der Waals surface area contributed by atoms with Gasteiger partial charge in [-0.1, -0.05) is 0 Å². The Labute approximate surface area is 95.5 Å². The van der Waals surface area contributed by atoms with Crippen LogP contribution in [0, 0.1) is 6.92 Å². The molecule has 0 spiro atoms. The van der Waals surface area contributed by atoms with E-state index in [0.717, 1.165) is 23.8 Å². The Bertz CT molecular complexity index is 335. The zero-order valence-corrected chi connectivity index (χ0v) is 9.80. The van der Waals surface area contributed by atoms with E-state index in [-0.39, 0.29) is 0 Å². The third-order valence-corrected chi connectivity index (χ3v) is 2.93. The van der Waals surface area contributed by atoms with Crippen LogP contribution < -0.4 is 0 Å². The molecule has 0 unspecified atom stereocenters. The van der Waals surface area contributed by atoms with Crippen LogP contribution in [0.25, 0.3) is 0 Å². The minimum absolute atomic E-state index is 0.469. The van der Waals surface area contributed by atoms with E-state index in [1.165, 1.54) is 25.9 Å². The molecular formula is C11H16ClN3. The van der Waals surface area contributed by atoms with Crippen LogP contribution in [0.1, 0.15) is 30.1 Å². The van der Waals surface area contributed by atoms with Crippen molar-refractivity contribution < 1.29 is 0 Å². The van der Waals surface area contributed by atoms with Gasteiger partial charge < -0.3 is 0 Å². The maximum absolute atomic E-state index is 5.78. The smallest absolute Gasteiger partial charge is 0.142 e. The van der Waals surface area contributed by atoms with Gasteiger partial charge in [-0.15, -0.1) is 11.6 Å². The van der Waals surface area contributed by atoms with Crippen molar-refractivity contribution in [3.05, 3.63) is 23.3 Å². The minimum Gasteiger partial charge on any atom is -0.296 e. The first-order valence-corrected chi connectivity index (χ1v) is 5.93. The Morgan fingerprint density at radius 2 is 2.07 bits per heavy atom. The first kappa shape index (κ1) is 10.8. The van der Waals surface area contributed by atoms with Crippen LogP contribution in [0.3, 0.4) is 0 Å². The summed E-state index contributed by atoms with van der Waals surface area (Å²) in [7, 11) is 0. The molecule has 15 heavy (non-hydrogen) atoms. The molecule has 0 aliphatic carbocycles. The minimum atomic E-state index is 0.469. The number of nitrogens with zero attached hydrogens (tertiary/aromatic N) is 3. The van der Waals surface area contributed by atoms with Gasteiger partial charge in [0.15, 0.2) is 0 Å². The van der Waals surface area contributed by atoms with Crippen molar-refractivity contribution in [1.82, 2.24) is 14.9 Å². The molecule has 1 aliphatic rings. The second kappa shape index (κ2) is 4.90. The second-order valence-corrected chi connectivity index (χ2v) is 4.30. The summed E-state index contributed by atoms with van der Waals surface area (Å²) in [4.78, 5) is 11.3. The van der Waals surface area contributed by atoms with Crippen molar-refractivity contribution in [2.45, 2.75) is 32.2 Å². The van der Waals surface area contributed by atoms with Gasteiger partial charge >= 0.3 is 0 Å². The highest BCUT2D eigenvalue weighted by Crippen LogP contribution is 2.11. The normalized spacial score (nSPS) is 17.2. The number of aromatic nitrogens is 2. The van der Waals surface area contributed by atoms with Gasteiger partial charge in [0.1, 0.15) is 5.82 Å². The van der Waals surface area contributed by atoms with Crippen LogP contribution in [-0.2, 0) is 12.4 Å². The highest BCUT2D eigenvalue weighted by molar-refractivity contribution is 6.16. The summed E-state index contributed by atoms with van der Waals surface area (Å²) in [6.07, 6.45) is 2.60. The molecule has 0 radical (unpaired) electrons. The van der Waals surface area contributed by atoms with Crippen molar-refractivity contribution in [3.8, 4) is 0 Å². The zero-order valence-electron chi connectivity index (χ0n) is 9.04. The molecule has 1 saturated heterocycles. The van der Waals surface area contributed by atoms with Gasteiger partial charge in [-0.25, -0.2) is 9.97 Å². The van der Waals surface area contributed by atoms with E-state index in [0.29, 0.717) is 5.88 Å². The molecule has 4 heteroatoms. The molecule has 0 amide bonds. The molecule has 1 aromatic rings. The highest BCUT2D eigenvalue weighted by Gasteiger charge is 2.13. The summed E-state index contributed by atoms with van der Waals surface area (Å²) in [6, 6.07) is 1.94. The van der Waals surface area contributed by atoms with E-state index in [1.54, 1.807) is 0 Å². The van der Waals surface area contributed by atoms with E-state index in [4.69, 9.17) is 11.6 Å². The number of alkyl halides is 1. The third kappa shape index (κ3) is 2.89. The van der Waals surface area contributed by atoms with Gasteiger partial charge in [-0.2, -0.15) is 0 Å². The van der Waals surface area contributed by atoms with Gasteiger partial charge in [-0.3, -0.25) is 4.90 Å². The Morgan fingerprint density at radius 3 is 2.73 bits per heavy atom.